The number of rotatable bonds is 5. The molecule has 3 atom stereocenters. The first-order valence-electron chi connectivity index (χ1n) is 13.2. The zero-order valence-corrected chi connectivity index (χ0v) is 23.5. The van der Waals surface area contributed by atoms with Gasteiger partial charge < -0.3 is 15.0 Å². The fourth-order valence-corrected chi connectivity index (χ4v) is 6.66. The van der Waals surface area contributed by atoms with Gasteiger partial charge in [0.2, 0.25) is 5.91 Å². The summed E-state index contributed by atoms with van der Waals surface area (Å²) in [5.41, 5.74) is 0.918. The minimum absolute atomic E-state index is 0.00133. The Kier molecular flexibility index (Phi) is 8.20. The van der Waals surface area contributed by atoms with Crippen LogP contribution in [0, 0.1) is 22.5 Å². The van der Waals surface area contributed by atoms with Crippen molar-refractivity contribution in [2.45, 2.75) is 58.3 Å². The summed E-state index contributed by atoms with van der Waals surface area (Å²) in [6.45, 7) is 9.85. The summed E-state index contributed by atoms with van der Waals surface area (Å²) < 4.78 is 33.6. The van der Waals surface area contributed by atoms with Gasteiger partial charge in [0.25, 0.3) is 0 Å². The molecule has 1 N–H and O–H groups in total. The molecule has 0 bridgehead atoms. The van der Waals surface area contributed by atoms with Crippen LogP contribution in [-0.2, 0) is 14.3 Å². The van der Waals surface area contributed by atoms with Gasteiger partial charge in [-0.1, -0.05) is 44.5 Å². The van der Waals surface area contributed by atoms with Crippen molar-refractivity contribution >= 4 is 23.5 Å². The van der Waals surface area contributed by atoms with E-state index in [1.165, 1.54) is 19.2 Å². The van der Waals surface area contributed by atoms with Crippen molar-refractivity contribution in [3.05, 3.63) is 69.7 Å². The van der Waals surface area contributed by atoms with Gasteiger partial charge >= 0.3 is 5.97 Å². The van der Waals surface area contributed by atoms with E-state index in [9.17, 15) is 18.4 Å². The van der Waals surface area contributed by atoms with E-state index in [1.54, 1.807) is 0 Å². The van der Waals surface area contributed by atoms with Crippen LogP contribution in [0.2, 0.25) is 5.02 Å². The average molecular weight is 547 g/mol. The number of methoxy groups -OCH3 is 1. The molecule has 5 nitrogen and oxygen atoms in total. The van der Waals surface area contributed by atoms with Crippen molar-refractivity contribution in [3.63, 3.8) is 0 Å². The maximum absolute atomic E-state index is 15.0. The minimum atomic E-state index is -0.886. The molecule has 0 saturated carbocycles. The molecule has 206 valence electrons. The number of carbonyl (C=O) groups excluding carboxylic acids is 2. The van der Waals surface area contributed by atoms with E-state index in [0.717, 1.165) is 30.0 Å². The van der Waals surface area contributed by atoms with Crippen LogP contribution in [0.25, 0.3) is 0 Å². The molecule has 2 aliphatic heterocycles. The molecule has 0 aromatic heterocycles. The molecule has 0 radical (unpaired) electrons. The number of hydrogen-bond acceptors (Lipinski definition) is 4. The zero-order valence-electron chi connectivity index (χ0n) is 22.7. The summed E-state index contributed by atoms with van der Waals surface area (Å²) in [7, 11) is 1.38. The highest BCUT2D eigenvalue weighted by molar-refractivity contribution is 6.30. The third kappa shape index (κ3) is 5.07. The van der Waals surface area contributed by atoms with Crippen LogP contribution < -0.4 is 5.32 Å². The Bertz CT molecular complexity index is 1210. The van der Waals surface area contributed by atoms with E-state index in [-0.39, 0.29) is 17.8 Å². The second-order valence-corrected chi connectivity index (χ2v) is 12.1. The van der Waals surface area contributed by atoms with Crippen LogP contribution >= 0.6 is 11.6 Å². The summed E-state index contributed by atoms with van der Waals surface area (Å²) in [4.78, 5) is 28.5. The summed E-state index contributed by atoms with van der Waals surface area (Å²) in [6, 6.07) is 9.28. The normalized spacial score (nSPS) is 23.4. The van der Waals surface area contributed by atoms with E-state index < -0.39 is 34.3 Å². The van der Waals surface area contributed by atoms with Crippen LogP contribution in [0.15, 0.2) is 36.4 Å². The zero-order chi connectivity index (χ0) is 27.8. The number of ether oxygens (including phenoxy) is 1. The molecule has 2 aromatic rings. The molecular weight excluding hydrogens is 510 g/mol. The van der Waals surface area contributed by atoms with E-state index in [4.69, 9.17) is 16.3 Å². The molecule has 38 heavy (non-hydrogen) atoms. The van der Waals surface area contributed by atoms with Gasteiger partial charge in [0.15, 0.2) is 0 Å². The van der Waals surface area contributed by atoms with Gasteiger partial charge in [-0.3, -0.25) is 9.59 Å². The molecular formula is C30H37ClF2N2O3. The molecule has 2 aromatic carbocycles. The van der Waals surface area contributed by atoms with Crippen molar-refractivity contribution in [2.24, 2.45) is 10.8 Å². The maximum atomic E-state index is 15.0. The van der Waals surface area contributed by atoms with Crippen molar-refractivity contribution in [1.82, 2.24) is 10.2 Å². The van der Waals surface area contributed by atoms with E-state index in [2.05, 4.69) is 5.32 Å². The summed E-state index contributed by atoms with van der Waals surface area (Å²) in [5.74, 6) is -2.27. The number of likely N-dealkylation sites (tertiary alicyclic amines) is 1. The Balaban J connectivity index is 1.60. The van der Waals surface area contributed by atoms with E-state index in [1.807, 2.05) is 50.8 Å². The van der Waals surface area contributed by atoms with Gasteiger partial charge in [0.1, 0.15) is 11.6 Å². The molecule has 1 amide bonds. The Labute approximate surface area is 228 Å². The van der Waals surface area contributed by atoms with E-state index in [0.29, 0.717) is 36.8 Å². The fraction of sp³-hybridized carbons (Fsp3) is 0.533. The molecule has 0 spiro atoms. The number of carbonyl (C=O) groups is 2. The lowest BCUT2D eigenvalue weighted by Gasteiger charge is -2.48. The highest BCUT2D eigenvalue weighted by Crippen LogP contribution is 2.53. The van der Waals surface area contributed by atoms with Gasteiger partial charge in [-0.05, 0) is 66.0 Å². The van der Waals surface area contributed by atoms with Crippen LogP contribution in [0.5, 0.6) is 0 Å². The van der Waals surface area contributed by atoms with Crippen LogP contribution in [0.1, 0.15) is 75.0 Å². The minimum Gasteiger partial charge on any atom is -0.469 e. The lowest BCUT2D eigenvalue weighted by Crippen LogP contribution is -2.56. The standard InChI is InChI=1S/C30H37ClF2N2O3/c1-18(27(36)38-5)24-14-20(31)6-8-22(24)19-10-12-35(13-11-19)28(37)30(29(2,3)4)17-34-16-25(30)23-9-7-21(32)15-26(23)33/h6-9,14-15,18-19,25,34H,10-13,16-17H2,1-5H3/t18?,25-,30+/m0/s1. The van der Waals surface area contributed by atoms with Crippen molar-refractivity contribution in [2.75, 3.05) is 33.3 Å². The monoisotopic (exact) mass is 546 g/mol. The molecule has 2 aliphatic rings. The Morgan fingerprint density at radius 2 is 1.76 bits per heavy atom. The second-order valence-electron chi connectivity index (χ2n) is 11.7. The molecule has 2 heterocycles. The van der Waals surface area contributed by atoms with Gasteiger partial charge in [-0.25, -0.2) is 8.78 Å². The molecule has 8 heteroatoms. The molecule has 0 aliphatic carbocycles. The highest BCUT2D eigenvalue weighted by atomic mass is 35.5. The van der Waals surface area contributed by atoms with Gasteiger partial charge in [-0.2, -0.15) is 0 Å². The Hall–Kier alpha value is -2.51. The number of esters is 1. The first-order chi connectivity index (χ1) is 17.9. The number of halogens is 3. The Morgan fingerprint density at radius 1 is 1.11 bits per heavy atom. The first-order valence-corrected chi connectivity index (χ1v) is 13.6. The second kappa shape index (κ2) is 10.9. The predicted molar refractivity (Wildman–Crippen MR) is 144 cm³/mol. The lowest BCUT2D eigenvalue weighted by molar-refractivity contribution is -0.150. The highest BCUT2D eigenvalue weighted by Gasteiger charge is 2.58. The van der Waals surface area contributed by atoms with Crippen molar-refractivity contribution < 1.29 is 23.1 Å². The van der Waals surface area contributed by atoms with Crippen LogP contribution in [0.4, 0.5) is 8.78 Å². The number of amides is 1. The molecule has 4 rings (SSSR count). The first kappa shape index (κ1) is 28.5. The Morgan fingerprint density at radius 3 is 2.37 bits per heavy atom. The van der Waals surface area contributed by atoms with Crippen LogP contribution in [0.3, 0.4) is 0 Å². The maximum Gasteiger partial charge on any atom is 0.312 e. The quantitative estimate of drug-likeness (QED) is 0.466. The number of nitrogens with zero attached hydrogens (tertiary/aromatic N) is 1. The van der Waals surface area contributed by atoms with Gasteiger partial charge in [0, 0.05) is 43.2 Å². The van der Waals surface area contributed by atoms with Gasteiger partial charge in [0.05, 0.1) is 18.4 Å². The largest absolute Gasteiger partial charge is 0.469 e. The molecule has 2 fully saturated rings. The van der Waals surface area contributed by atoms with Crippen molar-refractivity contribution in [3.8, 4) is 0 Å². The van der Waals surface area contributed by atoms with Crippen molar-refractivity contribution in [1.29, 1.82) is 0 Å². The summed E-state index contributed by atoms with van der Waals surface area (Å²) >= 11 is 6.27. The molecule has 2 saturated heterocycles. The number of benzene rings is 2. The third-order valence-corrected chi connectivity index (χ3v) is 8.93. The van der Waals surface area contributed by atoms with Gasteiger partial charge in [-0.15, -0.1) is 0 Å². The fourth-order valence-electron chi connectivity index (χ4n) is 6.48. The molecule has 1 unspecified atom stereocenters. The topological polar surface area (TPSA) is 58.6 Å². The smallest absolute Gasteiger partial charge is 0.312 e. The predicted octanol–water partition coefficient (Wildman–Crippen LogP) is 6.02. The van der Waals surface area contributed by atoms with E-state index >= 15 is 0 Å². The number of nitrogens with one attached hydrogen (secondary N) is 1. The third-order valence-electron chi connectivity index (χ3n) is 8.70. The summed E-state index contributed by atoms with van der Waals surface area (Å²) in [5, 5.41) is 3.90. The summed E-state index contributed by atoms with van der Waals surface area (Å²) in [6.07, 6.45) is 1.47. The lowest BCUT2D eigenvalue weighted by atomic mass is 9.58. The SMILES string of the molecule is COC(=O)C(C)c1cc(Cl)ccc1C1CCN(C(=O)[C@@]2(C(C)(C)C)CNC[C@H]2c2ccc(F)cc2F)CC1. The average Bonchev–Trinajstić information content (AvgIpc) is 3.33. The number of hydrogen-bond donors (Lipinski definition) is 1. The van der Waals surface area contributed by atoms with Crippen LogP contribution in [-0.4, -0.2) is 50.1 Å². The number of piperidine rings is 1.